The first-order valence-electron chi connectivity index (χ1n) is 21.3. The highest BCUT2D eigenvalue weighted by atomic mass is 16.8. The van der Waals surface area contributed by atoms with Crippen molar-refractivity contribution in [3.05, 3.63) is 49.6 Å². The molecule has 0 aromatic carbocycles. The fraction of sp³-hybridized carbons (Fsp3) is 0.822. The number of rotatable bonds is 17. The first-order chi connectivity index (χ1) is 25.4. The Labute approximate surface area is 320 Å². The molecule has 0 spiro atoms. The molecule has 8 saturated heterocycles. The standard InChI is InChI=1S/C45H70O8/c1-10-13-31(46)22-34-29(8)37(19-25(4)12-3)49-39(34)23-38-28(7)26(5)20-32(48-38)15-16-35-27(6)21-33(47-35)17-18-45-24-40-42(53-45)44-43(51-40)41(52-45)30(9)36(50-44)14-11-2/h10-11,25-26,29-44,46H,1-2,6-7,12-24H2,3-5,8-9H3/t25-,26-,29-,30?,31?,32?,33+,34-,35+,36+,37-,38-,39+,40-,41+,42+,43+,44+,45-/m1/s1. The highest BCUT2D eigenvalue weighted by Crippen LogP contribution is 2.54. The van der Waals surface area contributed by atoms with Gasteiger partial charge in [0, 0.05) is 25.2 Å². The SMILES string of the molecule is C=CCC(O)C[C@@H]1[C@@H](C)[C@@H](C[C@H](C)CC)O[C@H]1C[C@H]1OC(CC[C@@H]2O[C@@H](CC[C@@]34C[C@H]5O[C@@H]6[C@@H](O[C@@H](CC=C)C(C)[C@@H]6O3)[C@H]5O4)CC2=C)C[C@@H](C)C1=C. The van der Waals surface area contributed by atoms with E-state index >= 15 is 0 Å². The van der Waals surface area contributed by atoms with E-state index in [0.717, 1.165) is 77.0 Å². The number of aliphatic hydroxyl groups is 1. The van der Waals surface area contributed by atoms with E-state index < -0.39 is 11.9 Å². The van der Waals surface area contributed by atoms with Crippen LogP contribution in [-0.2, 0) is 33.2 Å². The van der Waals surface area contributed by atoms with Crippen molar-refractivity contribution in [3.63, 3.8) is 0 Å². The van der Waals surface area contributed by atoms with Gasteiger partial charge < -0.3 is 38.3 Å². The van der Waals surface area contributed by atoms with Gasteiger partial charge in [-0.25, -0.2) is 0 Å². The number of aliphatic hydroxyl groups excluding tert-OH is 1. The monoisotopic (exact) mass is 739 g/mol. The van der Waals surface area contributed by atoms with Crippen LogP contribution in [0.2, 0.25) is 0 Å². The van der Waals surface area contributed by atoms with E-state index in [1.165, 1.54) is 11.1 Å². The van der Waals surface area contributed by atoms with Gasteiger partial charge in [0.2, 0.25) is 0 Å². The normalized spacial score (nSPS) is 47.2. The van der Waals surface area contributed by atoms with Crippen molar-refractivity contribution >= 4 is 0 Å². The van der Waals surface area contributed by atoms with Gasteiger partial charge >= 0.3 is 0 Å². The lowest BCUT2D eigenvalue weighted by Gasteiger charge is -2.42. The van der Waals surface area contributed by atoms with Crippen molar-refractivity contribution in [3.8, 4) is 0 Å². The third-order valence-electron chi connectivity index (χ3n) is 14.5. The largest absolute Gasteiger partial charge is 0.393 e. The predicted octanol–water partition coefficient (Wildman–Crippen LogP) is 8.41. The number of ether oxygens (including phenoxy) is 7. The molecular formula is C45H70O8. The molecule has 0 radical (unpaired) electrons. The van der Waals surface area contributed by atoms with Crippen LogP contribution in [-0.4, -0.2) is 90.2 Å². The fourth-order valence-electron chi connectivity index (χ4n) is 11.0. The van der Waals surface area contributed by atoms with Crippen LogP contribution in [0.4, 0.5) is 0 Å². The maximum Gasteiger partial charge on any atom is 0.172 e. The fourth-order valence-corrected chi connectivity index (χ4v) is 11.0. The van der Waals surface area contributed by atoms with E-state index in [1.807, 2.05) is 12.2 Å². The van der Waals surface area contributed by atoms with E-state index in [-0.39, 0.29) is 85.1 Å². The van der Waals surface area contributed by atoms with Gasteiger partial charge in [-0.2, -0.15) is 0 Å². The van der Waals surface area contributed by atoms with Crippen LogP contribution in [0.1, 0.15) is 118 Å². The molecule has 8 heteroatoms. The second kappa shape index (κ2) is 16.6. The molecule has 8 aliphatic heterocycles. The smallest absolute Gasteiger partial charge is 0.172 e. The minimum absolute atomic E-state index is 0.0271. The molecule has 0 aromatic heterocycles. The molecule has 8 rings (SSSR count). The van der Waals surface area contributed by atoms with Gasteiger partial charge in [0.1, 0.15) is 18.3 Å². The van der Waals surface area contributed by atoms with Gasteiger partial charge in [-0.1, -0.05) is 66.3 Å². The summed E-state index contributed by atoms with van der Waals surface area (Å²) in [6.45, 7) is 28.2. The second-order valence-electron chi connectivity index (χ2n) is 18.3. The third-order valence-corrected chi connectivity index (χ3v) is 14.5. The third kappa shape index (κ3) is 8.23. The van der Waals surface area contributed by atoms with Crippen LogP contribution >= 0.6 is 0 Å². The Morgan fingerprint density at radius 3 is 2.32 bits per heavy atom. The zero-order chi connectivity index (χ0) is 37.6. The molecule has 8 heterocycles. The van der Waals surface area contributed by atoms with Crippen LogP contribution in [0.5, 0.6) is 0 Å². The summed E-state index contributed by atoms with van der Waals surface area (Å²) in [7, 11) is 0. The van der Waals surface area contributed by atoms with Gasteiger partial charge in [-0.15, -0.1) is 13.2 Å². The Morgan fingerprint density at radius 1 is 0.811 bits per heavy atom. The molecule has 0 aliphatic carbocycles. The van der Waals surface area contributed by atoms with E-state index in [4.69, 9.17) is 33.2 Å². The molecule has 298 valence electrons. The summed E-state index contributed by atoms with van der Waals surface area (Å²) in [6.07, 6.45) is 14.9. The lowest BCUT2D eigenvalue weighted by atomic mass is 9.78. The van der Waals surface area contributed by atoms with Crippen molar-refractivity contribution in [2.75, 3.05) is 0 Å². The highest BCUT2D eigenvalue weighted by Gasteiger charge is 2.67. The average molecular weight is 739 g/mol. The zero-order valence-corrected chi connectivity index (χ0v) is 33.4. The average Bonchev–Trinajstić information content (AvgIpc) is 3.79. The molecule has 6 bridgehead atoms. The zero-order valence-electron chi connectivity index (χ0n) is 33.4. The maximum absolute atomic E-state index is 10.8. The van der Waals surface area contributed by atoms with Gasteiger partial charge in [-0.05, 0) is 92.6 Å². The Balaban J connectivity index is 0.921. The molecule has 53 heavy (non-hydrogen) atoms. The van der Waals surface area contributed by atoms with Crippen molar-refractivity contribution in [1.29, 1.82) is 0 Å². The predicted molar refractivity (Wildman–Crippen MR) is 206 cm³/mol. The molecule has 19 atom stereocenters. The van der Waals surface area contributed by atoms with Gasteiger partial charge in [0.25, 0.3) is 0 Å². The number of hydrogen-bond donors (Lipinski definition) is 1. The Morgan fingerprint density at radius 2 is 1.57 bits per heavy atom. The molecule has 8 aliphatic rings. The first-order valence-corrected chi connectivity index (χ1v) is 21.3. The summed E-state index contributed by atoms with van der Waals surface area (Å²) in [5.41, 5.74) is 2.36. The number of hydrogen-bond acceptors (Lipinski definition) is 8. The van der Waals surface area contributed by atoms with Gasteiger partial charge in [-0.3, -0.25) is 0 Å². The van der Waals surface area contributed by atoms with Crippen LogP contribution in [0.25, 0.3) is 0 Å². The summed E-state index contributed by atoms with van der Waals surface area (Å²) in [6, 6.07) is 0. The Bertz CT molecular complexity index is 1320. The van der Waals surface area contributed by atoms with Crippen molar-refractivity contribution in [1.82, 2.24) is 0 Å². The summed E-state index contributed by atoms with van der Waals surface area (Å²) >= 11 is 0. The Kier molecular flexibility index (Phi) is 12.5. The minimum Gasteiger partial charge on any atom is -0.393 e. The van der Waals surface area contributed by atoms with Crippen LogP contribution in [0, 0.1) is 29.6 Å². The van der Waals surface area contributed by atoms with Crippen molar-refractivity contribution in [2.24, 2.45) is 29.6 Å². The van der Waals surface area contributed by atoms with E-state index in [2.05, 4.69) is 60.9 Å². The van der Waals surface area contributed by atoms with Crippen molar-refractivity contribution < 1.29 is 38.3 Å². The first kappa shape index (κ1) is 39.9. The molecular weight excluding hydrogens is 668 g/mol. The van der Waals surface area contributed by atoms with Crippen LogP contribution in [0.15, 0.2) is 49.6 Å². The second-order valence-corrected chi connectivity index (χ2v) is 18.3. The van der Waals surface area contributed by atoms with E-state index in [9.17, 15) is 5.11 Å². The van der Waals surface area contributed by atoms with Crippen LogP contribution in [0.3, 0.4) is 0 Å². The summed E-state index contributed by atoms with van der Waals surface area (Å²) < 4.78 is 47.1. The highest BCUT2D eigenvalue weighted by molar-refractivity contribution is 5.14. The lowest BCUT2D eigenvalue weighted by molar-refractivity contribution is -0.262. The minimum atomic E-state index is -0.645. The quantitative estimate of drug-likeness (QED) is 0.149. The van der Waals surface area contributed by atoms with Crippen molar-refractivity contribution in [2.45, 2.75) is 203 Å². The summed E-state index contributed by atoms with van der Waals surface area (Å²) in [4.78, 5) is 0. The molecule has 0 aromatic rings. The molecule has 8 fully saturated rings. The summed E-state index contributed by atoms with van der Waals surface area (Å²) in [5.74, 6) is 1.22. The van der Waals surface area contributed by atoms with Gasteiger partial charge in [0.05, 0.1) is 61.0 Å². The molecule has 1 N–H and O–H groups in total. The molecule has 8 nitrogen and oxygen atoms in total. The van der Waals surface area contributed by atoms with Crippen LogP contribution < -0.4 is 0 Å². The Hall–Kier alpha value is -1.36. The van der Waals surface area contributed by atoms with Gasteiger partial charge in [0.15, 0.2) is 5.79 Å². The molecule has 0 amide bonds. The molecule has 0 saturated carbocycles. The topological polar surface area (TPSA) is 84.8 Å². The van der Waals surface area contributed by atoms with E-state index in [1.54, 1.807) is 0 Å². The van der Waals surface area contributed by atoms with E-state index in [0.29, 0.717) is 24.2 Å². The molecule has 3 unspecified atom stereocenters. The summed E-state index contributed by atoms with van der Waals surface area (Å²) in [5, 5.41) is 10.8. The lowest BCUT2D eigenvalue weighted by Crippen LogP contribution is -2.54. The maximum atomic E-state index is 10.8.